The third-order valence-electron chi connectivity index (χ3n) is 6.37. The summed E-state index contributed by atoms with van der Waals surface area (Å²) in [7, 11) is 0. The van der Waals surface area contributed by atoms with Gasteiger partial charge in [0.05, 0.1) is 0 Å². The third kappa shape index (κ3) is 5.43. The highest BCUT2D eigenvalue weighted by molar-refractivity contribution is 5.68. The van der Waals surface area contributed by atoms with E-state index in [1.165, 1.54) is 48.8 Å². The Morgan fingerprint density at radius 2 is 1.45 bits per heavy atom. The van der Waals surface area contributed by atoms with E-state index < -0.39 is 0 Å². The smallest absolute Gasteiger partial charge is 0.131 e. The highest BCUT2D eigenvalue weighted by Gasteiger charge is 2.18. The van der Waals surface area contributed by atoms with Gasteiger partial charge < -0.3 is 9.47 Å². The Balaban J connectivity index is 1.27. The molecule has 1 aliphatic rings. The summed E-state index contributed by atoms with van der Waals surface area (Å²) < 4.78 is 12.0. The molecule has 166 valence electrons. The van der Waals surface area contributed by atoms with E-state index in [0.717, 1.165) is 22.8 Å². The second-order valence-corrected chi connectivity index (χ2v) is 8.67. The molecule has 4 aromatic rings. The van der Waals surface area contributed by atoms with Gasteiger partial charge in [-0.3, -0.25) is 4.98 Å². The molecule has 3 nitrogen and oxygen atoms in total. The monoisotopic (exact) mass is 435 g/mol. The van der Waals surface area contributed by atoms with E-state index in [1.807, 2.05) is 36.4 Å². The zero-order chi connectivity index (χ0) is 22.3. The molecule has 1 heterocycles. The minimum Gasteiger partial charge on any atom is -0.489 e. The molecule has 1 aromatic heterocycles. The minimum absolute atomic E-state index is 0.501. The van der Waals surface area contributed by atoms with Gasteiger partial charge in [-0.15, -0.1) is 0 Å². The molecule has 0 spiro atoms. The Labute approximate surface area is 196 Å². The summed E-state index contributed by atoms with van der Waals surface area (Å²) in [5.74, 6) is 3.04. The molecule has 0 radical (unpaired) electrons. The first-order valence-corrected chi connectivity index (χ1v) is 11.8. The second kappa shape index (κ2) is 10.4. The van der Waals surface area contributed by atoms with Crippen LogP contribution in [0.1, 0.15) is 49.1 Å². The predicted octanol–water partition coefficient (Wildman–Crippen LogP) is 8.17. The van der Waals surface area contributed by atoms with E-state index in [2.05, 4.69) is 53.5 Å². The average Bonchev–Trinajstić information content (AvgIpc) is 2.89. The zero-order valence-electron chi connectivity index (χ0n) is 18.8. The number of aromatic nitrogens is 1. The maximum atomic E-state index is 6.12. The fraction of sp³-hybridized carbons (Fsp3) is 0.233. The SMILES string of the molecule is c1cc(OCc2ccncc2)cc(Oc2ccc(-c3ccccc3C3CCCCC3)cc2)c1. The Morgan fingerprint density at radius 1 is 0.697 bits per heavy atom. The van der Waals surface area contributed by atoms with Gasteiger partial charge in [-0.1, -0.05) is 61.7 Å². The van der Waals surface area contributed by atoms with Crippen molar-refractivity contribution < 1.29 is 9.47 Å². The lowest BCUT2D eigenvalue weighted by molar-refractivity contribution is 0.304. The van der Waals surface area contributed by atoms with Crippen LogP contribution in [0.25, 0.3) is 11.1 Å². The molecular formula is C30H29NO2. The molecule has 0 atom stereocenters. The molecule has 0 aliphatic heterocycles. The quantitative estimate of drug-likeness (QED) is 0.293. The van der Waals surface area contributed by atoms with Crippen LogP contribution in [0.3, 0.4) is 0 Å². The summed E-state index contributed by atoms with van der Waals surface area (Å²) in [6.45, 7) is 0.501. The van der Waals surface area contributed by atoms with Crippen LogP contribution in [0.5, 0.6) is 17.2 Å². The lowest BCUT2D eigenvalue weighted by atomic mass is 9.81. The van der Waals surface area contributed by atoms with Crippen molar-refractivity contribution in [3.05, 3.63) is 108 Å². The van der Waals surface area contributed by atoms with Crippen LogP contribution in [0, 0.1) is 0 Å². The van der Waals surface area contributed by atoms with E-state index in [9.17, 15) is 0 Å². The van der Waals surface area contributed by atoms with Crippen molar-refractivity contribution in [2.75, 3.05) is 0 Å². The van der Waals surface area contributed by atoms with Crippen molar-refractivity contribution in [2.45, 2.75) is 44.6 Å². The standard InChI is InChI=1S/C30H29NO2/c1-2-7-24(8-3-1)29-11-4-5-12-30(29)25-13-15-26(16-14-25)33-28-10-6-9-27(21-28)32-22-23-17-19-31-20-18-23/h4-6,9-21,24H,1-3,7-8,22H2. The first kappa shape index (κ1) is 21.3. The summed E-state index contributed by atoms with van der Waals surface area (Å²) in [4.78, 5) is 4.04. The van der Waals surface area contributed by atoms with Crippen molar-refractivity contribution in [3.63, 3.8) is 0 Å². The molecule has 3 heteroatoms. The fourth-order valence-corrected chi connectivity index (χ4v) is 4.64. The Bertz CT molecular complexity index is 1170. The maximum Gasteiger partial charge on any atom is 0.131 e. The number of pyridine rings is 1. The Kier molecular flexibility index (Phi) is 6.67. The molecule has 1 fully saturated rings. The second-order valence-electron chi connectivity index (χ2n) is 8.67. The molecule has 0 N–H and O–H groups in total. The number of rotatable bonds is 7. The van der Waals surface area contributed by atoms with E-state index in [4.69, 9.17) is 9.47 Å². The Morgan fingerprint density at radius 3 is 2.27 bits per heavy atom. The predicted molar refractivity (Wildman–Crippen MR) is 133 cm³/mol. The summed E-state index contributed by atoms with van der Waals surface area (Å²) in [6.07, 6.45) is 10.2. The third-order valence-corrected chi connectivity index (χ3v) is 6.37. The number of hydrogen-bond acceptors (Lipinski definition) is 3. The van der Waals surface area contributed by atoms with Crippen LogP contribution in [0.2, 0.25) is 0 Å². The number of nitrogens with zero attached hydrogens (tertiary/aromatic N) is 1. The molecule has 1 aliphatic carbocycles. The van der Waals surface area contributed by atoms with Gasteiger partial charge in [-0.2, -0.15) is 0 Å². The molecule has 33 heavy (non-hydrogen) atoms. The van der Waals surface area contributed by atoms with Crippen molar-refractivity contribution >= 4 is 0 Å². The normalized spacial score (nSPS) is 14.1. The van der Waals surface area contributed by atoms with Crippen LogP contribution < -0.4 is 9.47 Å². The van der Waals surface area contributed by atoms with E-state index in [0.29, 0.717) is 12.5 Å². The summed E-state index contributed by atoms with van der Waals surface area (Å²) in [5.41, 5.74) is 5.17. The van der Waals surface area contributed by atoms with Gasteiger partial charge >= 0.3 is 0 Å². The molecular weight excluding hydrogens is 406 g/mol. The van der Waals surface area contributed by atoms with Crippen molar-refractivity contribution in [1.82, 2.24) is 4.98 Å². The van der Waals surface area contributed by atoms with Gasteiger partial charge in [0.2, 0.25) is 0 Å². The topological polar surface area (TPSA) is 31.4 Å². The van der Waals surface area contributed by atoms with Gasteiger partial charge in [-0.05, 0) is 77.4 Å². The first-order valence-electron chi connectivity index (χ1n) is 11.8. The lowest BCUT2D eigenvalue weighted by Crippen LogP contribution is -2.05. The maximum absolute atomic E-state index is 6.12. The highest BCUT2D eigenvalue weighted by Crippen LogP contribution is 2.38. The largest absolute Gasteiger partial charge is 0.489 e. The zero-order valence-corrected chi connectivity index (χ0v) is 18.8. The van der Waals surface area contributed by atoms with Crippen LogP contribution in [-0.2, 0) is 6.61 Å². The van der Waals surface area contributed by atoms with Crippen LogP contribution >= 0.6 is 0 Å². The highest BCUT2D eigenvalue weighted by atomic mass is 16.5. The van der Waals surface area contributed by atoms with Crippen molar-refractivity contribution in [3.8, 4) is 28.4 Å². The fourth-order valence-electron chi connectivity index (χ4n) is 4.64. The average molecular weight is 436 g/mol. The molecule has 5 rings (SSSR count). The lowest BCUT2D eigenvalue weighted by Gasteiger charge is -2.24. The summed E-state index contributed by atoms with van der Waals surface area (Å²) >= 11 is 0. The molecule has 3 aromatic carbocycles. The van der Waals surface area contributed by atoms with Crippen LogP contribution in [0.15, 0.2) is 97.3 Å². The van der Waals surface area contributed by atoms with Crippen molar-refractivity contribution in [1.29, 1.82) is 0 Å². The van der Waals surface area contributed by atoms with E-state index in [1.54, 1.807) is 12.4 Å². The van der Waals surface area contributed by atoms with Gasteiger partial charge in [0, 0.05) is 18.5 Å². The molecule has 0 amide bonds. The van der Waals surface area contributed by atoms with Crippen molar-refractivity contribution in [2.24, 2.45) is 0 Å². The summed E-state index contributed by atoms with van der Waals surface area (Å²) in [5, 5.41) is 0. The van der Waals surface area contributed by atoms with Gasteiger partial charge in [0.15, 0.2) is 0 Å². The van der Waals surface area contributed by atoms with E-state index >= 15 is 0 Å². The number of benzene rings is 3. The minimum atomic E-state index is 0.501. The van der Waals surface area contributed by atoms with Gasteiger partial charge in [0.25, 0.3) is 0 Å². The molecule has 0 bridgehead atoms. The molecule has 0 saturated heterocycles. The van der Waals surface area contributed by atoms with E-state index in [-0.39, 0.29) is 0 Å². The molecule has 1 saturated carbocycles. The van der Waals surface area contributed by atoms with Crippen LogP contribution in [0.4, 0.5) is 0 Å². The molecule has 0 unspecified atom stereocenters. The van der Waals surface area contributed by atoms with Crippen LogP contribution in [-0.4, -0.2) is 4.98 Å². The first-order chi connectivity index (χ1) is 16.3. The number of ether oxygens (including phenoxy) is 2. The Hall–Kier alpha value is -3.59. The van der Waals surface area contributed by atoms with Gasteiger partial charge in [-0.25, -0.2) is 0 Å². The summed E-state index contributed by atoms with van der Waals surface area (Å²) in [6, 6.07) is 29.0. The number of hydrogen-bond donors (Lipinski definition) is 0. The van der Waals surface area contributed by atoms with Gasteiger partial charge in [0.1, 0.15) is 23.9 Å².